The summed E-state index contributed by atoms with van der Waals surface area (Å²) in [6.45, 7) is 1.50. The third-order valence-electron chi connectivity index (χ3n) is 3.47. The van der Waals surface area contributed by atoms with Crippen LogP contribution in [0.5, 0.6) is 5.75 Å². The van der Waals surface area contributed by atoms with E-state index >= 15 is 0 Å². The summed E-state index contributed by atoms with van der Waals surface area (Å²) >= 11 is 0. The Hall–Kier alpha value is -1.55. The van der Waals surface area contributed by atoms with E-state index in [0.29, 0.717) is 6.61 Å². The fraction of sp³-hybridized carbons (Fsp3) is 0.588. The number of carboxylic acid groups (broad SMARTS) is 1. The predicted molar refractivity (Wildman–Crippen MR) is 84.9 cm³/mol. The van der Waals surface area contributed by atoms with Gasteiger partial charge in [-0.1, -0.05) is 38.5 Å². The first-order valence-electron chi connectivity index (χ1n) is 7.90. The maximum Gasteiger partial charge on any atom is 0.335 e. The van der Waals surface area contributed by atoms with Gasteiger partial charge in [0.15, 0.2) is 0 Å². The molecule has 0 atom stereocenters. The van der Waals surface area contributed by atoms with E-state index in [2.05, 4.69) is 0 Å². The molecular weight excluding hydrogens is 266 g/mol. The van der Waals surface area contributed by atoms with E-state index in [9.17, 15) is 4.79 Å². The fourth-order valence-corrected chi connectivity index (χ4v) is 2.19. The quantitative estimate of drug-likeness (QED) is 0.574. The summed E-state index contributed by atoms with van der Waals surface area (Å²) in [4.78, 5) is 10.7. The van der Waals surface area contributed by atoms with E-state index in [1.807, 2.05) is 0 Å². The zero-order valence-electron chi connectivity index (χ0n) is 12.7. The number of rotatable bonds is 12. The number of carboxylic acids is 1. The highest BCUT2D eigenvalue weighted by molar-refractivity contribution is 5.87. The molecule has 0 radical (unpaired) electrons. The van der Waals surface area contributed by atoms with Crippen LogP contribution in [-0.4, -0.2) is 24.2 Å². The van der Waals surface area contributed by atoms with Gasteiger partial charge in [-0.2, -0.15) is 0 Å². The molecule has 1 rings (SSSR count). The molecule has 0 heterocycles. The molecule has 0 saturated heterocycles. The summed E-state index contributed by atoms with van der Waals surface area (Å²) in [5.74, 6) is -0.171. The van der Waals surface area contributed by atoms with Gasteiger partial charge >= 0.3 is 5.97 Å². The monoisotopic (exact) mass is 293 g/mol. The first kappa shape index (κ1) is 17.5. The number of carbonyl (C=O) groups is 1. The van der Waals surface area contributed by atoms with E-state index in [1.54, 1.807) is 24.3 Å². The van der Waals surface area contributed by atoms with E-state index in [-0.39, 0.29) is 5.56 Å². The smallest absolute Gasteiger partial charge is 0.335 e. The van der Waals surface area contributed by atoms with Gasteiger partial charge in [0.2, 0.25) is 0 Å². The molecule has 118 valence electrons. The van der Waals surface area contributed by atoms with Gasteiger partial charge in [0, 0.05) is 0 Å². The number of benzene rings is 1. The normalized spacial score (nSPS) is 10.5. The lowest BCUT2D eigenvalue weighted by Crippen LogP contribution is -1.99. The van der Waals surface area contributed by atoms with Crippen molar-refractivity contribution in [2.75, 3.05) is 13.2 Å². The van der Waals surface area contributed by atoms with Crippen molar-refractivity contribution in [3.05, 3.63) is 29.8 Å². The van der Waals surface area contributed by atoms with Crippen molar-refractivity contribution >= 4 is 5.97 Å². The highest BCUT2D eigenvalue weighted by Crippen LogP contribution is 2.13. The Labute approximate surface area is 127 Å². The van der Waals surface area contributed by atoms with E-state index in [0.717, 1.165) is 25.1 Å². The molecule has 0 aromatic heterocycles. The Balaban J connectivity index is 1.98. The van der Waals surface area contributed by atoms with Gasteiger partial charge in [0.1, 0.15) is 5.75 Å². The van der Waals surface area contributed by atoms with Crippen LogP contribution in [0.4, 0.5) is 0 Å². The van der Waals surface area contributed by atoms with Gasteiger partial charge in [-0.05, 0) is 43.7 Å². The average molecular weight is 293 g/mol. The first-order valence-corrected chi connectivity index (χ1v) is 7.90. The van der Waals surface area contributed by atoms with Crippen molar-refractivity contribution in [1.29, 1.82) is 0 Å². The van der Waals surface area contributed by atoms with E-state index in [1.165, 1.54) is 38.5 Å². The Morgan fingerprint density at radius 2 is 1.43 bits per heavy atom. The second-order valence-corrected chi connectivity index (χ2v) is 5.30. The van der Waals surface area contributed by atoms with Crippen LogP contribution in [0, 0.1) is 0 Å². The molecule has 0 aliphatic carbocycles. The summed E-state index contributed by atoms with van der Waals surface area (Å²) in [6.07, 6.45) is 9.77. The maximum absolute atomic E-state index is 10.7. The zero-order chi connectivity index (χ0) is 15.3. The molecule has 4 heteroatoms. The lowest BCUT2D eigenvalue weighted by Gasteiger charge is -2.06. The zero-order valence-corrected chi connectivity index (χ0v) is 12.7. The number of hydrogen-bond acceptors (Lipinski definition) is 3. The van der Waals surface area contributed by atoms with Gasteiger partial charge in [0.05, 0.1) is 12.2 Å². The van der Waals surface area contributed by atoms with Crippen molar-refractivity contribution in [1.82, 2.24) is 0 Å². The van der Waals surface area contributed by atoms with Crippen LogP contribution >= 0.6 is 0 Å². The Morgan fingerprint density at radius 3 is 1.95 bits per heavy atom. The van der Waals surface area contributed by atoms with Gasteiger partial charge in [-0.3, -0.25) is 0 Å². The summed E-state index contributed by atoms with van der Waals surface area (Å²) in [6, 6.07) is 6.56. The van der Waals surface area contributed by atoms with Crippen molar-refractivity contribution in [2.24, 2.45) is 5.73 Å². The van der Waals surface area contributed by atoms with Crippen LogP contribution in [0.3, 0.4) is 0 Å². The van der Waals surface area contributed by atoms with Gasteiger partial charge in [-0.15, -0.1) is 0 Å². The van der Waals surface area contributed by atoms with Crippen molar-refractivity contribution in [3.8, 4) is 5.75 Å². The van der Waals surface area contributed by atoms with Crippen molar-refractivity contribution < 1.29 is 14.6 Å². The molecular formula is C17H27NO3. The molecule has 0 aliphatic heterocycles. The third kappa shape index (κ3) is 8.35. The van der Waals surface area contributed by atoms with Crippen LogP contribution in [0.25, 0.3) is 0 Å². The number of ether oxygens (including phenoxy) is 1. The summed E-state index contributed by atoms with van der Waals surface area (Å²) in [5, 5.41) is 8.79. The topological polar surface area (TPSA) is 72.5 Å². The van der Waals surface area contributed by atoms with Gasteiger partial charge in [-0.25, -0.2) is 4.79 Å². The minimum Gasteiger partial charge on any atom is -0.494 e. The predicted octanol–water partition coefficient (Wildman–Crippen LogP) is 3.84. The minimum atomic E-state index is -0.909. The van der Waals surface area contributed by atoms with Crippen molar-refractivity contribution in [2.45, 2.75) is 51.4 Å². The molecule has 3 N–H and O–H groups in total. The van der Waals surface area contributed by atoms with Crippen molar-refractivity contribution in [3.63, 3.8) is 0 Å². The third-order valence-corrected chi connectivity index (χ3v) is 3.47. The first-order chi connectivity index (χ1) is 10.2. The maximum atomic E-state index is 10.7. The molecule has 1 aromatic carbocycles. The Kier molecular flexibility index (Phi) is 9.29. The second-order valence-electron chi connectivity index (χ2n) is 5.30. The second kappa shape index (κ2) is 11.1. The largest absolute Gasteiger partial charge is 0.494 e. The van der Waals surface area contributed by atoms with Crippen LogP contribution in [0.2, 0.25) is 0 Å². The Morgan fingerprint density at radius 1 is 0.905 bits per heavy atom. The highest BCUT2D eigenvalue weighted by atomic mass is 16.5. The molecule has 21 heavy (non-hydrogen) atoms. The van der Waals surface area contributed by atoms with E-state index < -0.39 is 5.97 Å². The molecule has 0 unspecified atom stereocenters. The van der Waals surface area contributed by atoms with Crippen LogP contribution in [0.15, 0.2) is 24.3 Å². The lowest BCUT2D eigenvalue weighted by molar-refractivity contribution is 0.0697. The highest BCUT2D eigenvalue weighted by Gasteiger charge is 2.01. The molecule has 0 fully saturated rings. The van der Waals surface area contributed by atoms with Crippen LogP contribution < -0.4 is 10.5 Å². The molecule has 4 nitrogen and oxygen atoms in total. The molecule has 0 saturated carbocycles. The summed E-state index contributed by atoms with van der Waals surface area (Å²) < 4.78 is 5.59. The molecule has 0 spiro atoms. The summed E-state index contributed by atoms with van der Waals surface area (Å²) in [7, 11) is 0. The van der Waals surface area contributed by atoms with E-state index in [4.69, 9.17) is 15.6 Å². The molecule has 1 aromatic rings. The molecule has 0 aliphatic rings. The van der Waals surface area contributed by atoms with Gasteiger partial charge < -0.3 is 15.6 Å². The van der Waals surface area contributed by atoms with Crippen LogP contribution in [0.1, 0.15) is 61.7 Å². The average Bonchev–Trinajstić information content (AvgIpc) is 2.49. The Bertz CT molecular complexity index is 390. The molecule has 0 bridgehead atoms. The minimum absolute atomic E-state index is 0.289. The number of nitrogens with two attached hydrogens (primary N) is 1. The fourth-order valence-electron chi connectivity index (χ4n) is 2.19. The SMILES string of the molecule is NCCCCCCCCCCOc1ccc(C(=O)O)cc1. The molecule has 0 amide bonds. The lowest BCUT2D eigenvalue weighted by atomic mass is 10.1. The number of hydrogen-bond donors (Lipinski definition) is 2. The number of aromatic carboxylic acids is 1. The summed E-state index contributed by atoms with van der Waals surface area (Å²) in [5.41, 5.74) is 5.74. The van der Waals surface area contributed by atoms with Gasteiger partial charge in [0.25, 0.3) is 0 Å². The van der Waals surface area contributed by atoms with Crippen LogP contribution in [-0.2, 0) is 0 Å². The number of unbranched alkanes of at least 4 members (excludes halogenated alkanes) is 7. The standard InChI is InChI=1S/C17H27NO3/c18-13-7-5-3-1-2-4-6-8-14-21-16-11-9-15(10-12-16)17(19)20/h9-12H,1-8,13-14,18H2,(H,19,20).